The molecule has 0 aromatic heterocycles. The van der Waals surface area contributed by atoms with E-state index in [0.29, 0.717) is 24.5 Å². The summed E-state index contributed by atoms with van der Waals surface area (Å²) < 4.78 is 11.3. The maximum Gasteiger partial charge on any atom is 0.261 e. The standard InChI is InChI=1S/C33H42N2O4/c1-6-7-20-34-32(37)30(22-25-12-9-8-10-13-25)35(23-26-14-11-15-29(21-26)38-5)31(36)24-39-28-18-16-27(17-19-28)33(2,3)4/h8-19,21,30H,6-7,20,22-24H2,1-5H3,(H,34,37)/t30-/m0/s1. The molecule has 0 aliphatic carbocycles. The van der Waals surface area contributed by atoms with Crippen molar-refractivity contribution in [3.63, 3.8) is 0 Å². The van der Waals surface area contributed by atoms with Crippen LogP contribution >= 0.6 is 0 Å². The molecule has 39 heavy (non-hydrogen) atoms. The Morgan fingerprint density at radius 2 is 1.59 bits per heavy atom. The van der Waals surface area contributed by atoms with Gasteiger partial charge in [-0.05, 0) is 52.8 Å². The van der Waals surface area contributed by atoms with Crippen LogP contribution < -0.4 is 14.8 Å². The Kier molecular flexibility index (Phi) is 11.0. The summed E-state index contributed by atoms with van der Waals surface area (Å²) in [5.74, 6) is 0.883. The first-order valence-electron chi connectivity index (χ1n) is 13.7. The minimum absolute atomic E-state index is 0.0255. The molecule has 1 N–H and O–H groups in total. The molecule has 0 saturated heterocycles. The van der Waals surface area contributed by atoms with Crippen LogP contribution in [0.15, 0.2) is 78.9 Å². The van der Waals surface area contributed by atoms with Gasteiger partial charge in [-0.25, -0.2) is 0 Å². The van der Waals surface area contributed by atoms with E-state index in [0.717, 1.165) is 24.0 Å². The number of ether oxygens (including phenoxy) is 2. The lowest BCUT2D eigenvalue weighted by Gasteiger charge is -2.31. The summed E-state index contributed by atoms with van der Waals surface area (Å²) in [5, 5.41) is 3.04. The Morgan fingerprint density at radius 3 is 2.23 bits per heavy atom. The summed E-state index contributed by atoms with van der Waals surface area (Å²) in [4.78, 5) is 28.9. The van der Waals surface area contributed by atoms with Crippen molar-refractivity contribution in [1.29, 1.82) is 0 Å². The van der Waals surface area contributed by atoms with Crippen LogP contribution in [0.4, 0.5) is 0 Å². The summed E-state index contributed by atoms with van der Waals surface area (Å²) in [5.41, 5.74) is 3.07. The molecule has 0 radical (unpaired) electrons. The van der Waals surface area contributed by atoms with Gasteiger partial charge in [-0.2, -0.15) is 0 Å². The number of amides is 2. The van der Waals surface area contributed by atoms with E-state index in [4.69, 9.17) is 9.47 Å². The molecule has 3 aromatic rings. The van der Waals surface area contributed by atoms with Crippen LogP contribution in [0, 0.1) is 0 Å². The minimum atomic E-state index is -0.699. The molecule has 2 amide bonds. The number of methoxy groups -OCH3 is 1. The Balaban J connectivity index is 1.88. The lowest BCUT2D eigenvalue weighted by molar-refractivity contribution is -0.142. The second-order valence-corrected chi connectivity index (χ2v) is 10.8. The Morgan fingerprint density at radius 1 is 0.897 bits per heavy atom. The highest BCUT2D eigenvalue weighted by atomic mass is 16.5. The summed E-state index contributed by atoms with van der Waals surface area (Å²) in [7, 11) is 1.61. The van der Waals surface area contributed by atoms with Crippen LogP contribution in [0.2, 0.25) is 0 Å². The van der Waals surface area contributed by atoms with Crippen molar-refractivity contribution < 1.29 is 19.1 Å². The van der Waals surface area contributed by atoms with Crippen LogP contribution in [-0.2, 0) is 28.0 Å². The quantitative estimate of drug-likeness (QED) is 0.278. The average molecular weight is 531 g/mol. The van der Waals surface area contributed by atoms with E-state index in [1.165, 1.54) is 5.56 Å². The highest BCUT2D eigenvalue weighted by Gasteiger charge is 2.30. The van der Waals surface area contributed by atoms with E-state index in [2.05, 4.69) is 33.0 Å². The number of hydrogen-bond acceptors (Lipinski definition) is 4. The Bertz CT molecular complexity index is 1190. The van der Waals surface area contributed by atoms with Crippen LogP contribution in [-0.4, -0.2) is 43.0 Å². The molecule has 0 aliphatic heterocycles. The number of rotatable bonds is 13. The van der Waals surface area contributed by atoms with E-state index in [1.807, 2.05) is 78.9 Å². The first kappa shape index (κ1) is 29.8. The zero-order valence-corrected chi connectivity index (χ0v) is 23.9. The zero-order chi connectivity index (χ0) is 28.3. The predicted molar refractivity (Wildman–Crippen MR) is 156 cm³/mol. The SMILES string of the molecule is CCCCNC(=O)[C@H](Cc1ccccc1)N(Cc1cccc(OC)c1)C(=O)COc1ccc(C(C)(C)C)cc1. The lowest BCUT2D eigenvalue weighted by Crippen LogP contribution is -2.51. The van der Waals surface area contributed by atoms with Gasteiger partial charge in [-0.15, -0.1) is 0 Å². The maximum absolute atomic E-state index is 13.8. The van der Waals surface area contributed by atoms with E-state index < -0.39 is 6.04 Å². The average Bonchev–Trinajstić information content (AvgIpc) is 2.94. The summed E-state index contributed by atoms with van der Waals surface area (Å²) in [6, 6.07) is 24.5. The van der Waals surface area contributed by atoms with Gasteiger partial charge in [0.1, 0.15) is 17.5 Å². The van der Waals surface area contributed by atoms with Crippen LogP contribution in [0.3, 0.4) is 0 Å². The van der Waals surface area contributed by atoms with Gasteiger partial charge >= 0.3 is 0 Å². The van der Waals surface area contributed by atoms with Crippen LogP contribution in [0.5, 0.6) is 11.5 Å². The van der Waals surface area contributed by atoms with Gasteiger partial charge in [0.2, 0.25) is 5.91 Å². The van der Waals surface area contributed by atoms with Crippen molar-refractivity contribution in [2.24, 2.45) is 0 Å². The van der Waals surface area contributed by atoms with E-state index >= 15 is 0 Å². The predicted octanol–water partition coefficient (Wildman–Crippen LogP) is 5.93. The van der Waals surface area contributed by atoms with E-state index in [9.17, 15) is 9.59 Å². The molecule has 6 nitrogen and oxygen atoms in total. The molecular formula is C33H42N2O4. The Labute approximate surface area is 233 Å². The molecule has 0 fully saturated rings. The molecule has 208 valence electrons. The fourth-order valence-corrected chi connectivity index (χ4v) is 4.31. The van der Waals surface area contributed by atoms with Crippen molar-refractivity contribution in [3.8, 4) is 11.5 Å². The largest absolute Gasteiger partial charge is 0.497 e. The smallest absolute Gasteiger partial charge is 0.261 e. The molecule has 0 spiro atoms. The van der Waals surface area contributed by atoms with Crippen LogP contribution in [0.25, 0.3) is 0 Å². The number of carbonyl (C=O) groups is 2. The minimum Gasteiger partial charge on any atom is -0.497 e. The third kappa shape index (κ3) is 9.17. The first-order valence-corrected chi connectivity index (χ1v) is 13.7. The van der Waals surface area contributed by atoms with Crippen LogP contribution in [0.1, 0.15) is 57.2 Å². The topological polar surface area (TPSA) is 67.9 Å². The molecule has 0 bridgehead atoms. The van der Waals surface area contributed by atoms with Gasteiger partial charge in [0.25, 0.3) is 5.91 Å². The fourth-order valence-electron chi connectivity index (χ4n) is 4.31. The molecule has 0 aliphatic rings. The number of nitrogens with one attached hydrogen (secondary N) is 1. The molecule has 0 saturated carbocycles. The number of benzene rings is 3. The summed E-state index contributed by atoms with van der Waals surface area (Å²) in [6.45, 7) is 9.19. The number of carbonyl (C=O) groups excluding carboxylic acids is 2. The number of unbranched alkanes of at least 4 members (excludes halogenated alkanes) is 1. The normalized spacial score (nSPS) is 11.9. The molecule has 3 rings (SSSR count). The van der Waals surface area contributed by atoms with Crippen molar-refractivity contribution in [2.75, 3.05) is 20.3 Å². The second-order valence-electron chi connectivity index (χ2n) is 10.8. The molecule has 6 heteroatoms. The molecule has 1 atom stereocenters. The molecule has 0 unspecified atom stereocenters. The summed E-state index contributed by atoms with van der Waals surface area (Å²) >= 11 is 0. The van der Waals surface area contributed by atoms with Crippen molar-refractivity contribution in [1.82, 2.24) is 10.2 Å². The van der Waals surface area contributed by atoms with Gasteiger partial charge in [0.05, 0.1) is 7.11 Å². The van der Waals surface area contributed by atoms with E-state index in [-0.39, 0.29) is 30.4 Å². The van der Waals surface area contributed by atoms with Crippen molar-refractivity contribution in [2.45, 2.75) is 65.0 Å². The van der Waals surface area contributed by atoms with Gasteiger partial charge in [0, 0.05) is 19.5 Å². The molecular weight excluding hydrogens is 488 g/mol. The molecule has 0 heterocycles. The first-order chi connectivity index (χ1) is 18.7. The van der Waals surface area contributed by atoms with Gasteiger partial charge in [0.15, 0.2) is 6.61 Å². The van der Waals surface area contributed by atoms with Gasteiger partial charge in [-0.1, -0.05) is 88.7 Å². The third-order valence-electron chi connectivity index (χ3n) is 6.67. The monoisotopic (exact) mass is 530 g/mol. The number of nitrogens with zero attached hydrogens (tertiary/aromatic N) is 1. The lowest BCUT2D eigenvalue weighted by atomic mass is 9.87. The number of hydrogen-bond donors (Lipinski definition) is 1. The van der Waals surface area contributed by atoms with Crippen molar-refractivity contribution >= 4 is 11.8 Å². The molecule has 3 aromatic carbocycles. The summed E-state index contributed by atoms with van der Waals surface area (Å²) in [6.07, 6.45) is 2.24. The Hall–Kier alpha value is -3.80. The maximum atomic E-state index is 13.8. The zero-order valence-electron chi connectivity index (χ0n) is 23.9. The van der Waals surface area contributed by atoms with E-state index in [1.54, 1.807) is 12.0 Å². The third-order valence-corrected chi connectivity index (χ3v) is 6.67. The van der Waals surface area contributed by atoms with Gasteiger partial charge in [-0.3, -0.25) is 9.59 Å². The van der Waals surface area contributed by atoms with Gasteiger partial charge < -0.3 is 19.7 Å². The highest BCUT2D eigenvalue weighted by Crippen LogP contribution is 2.24. The second kappa shape index (κ2) is 14.4. The fraction of sp³-hybridized carbons (Fsp3) is 0.394. The highest BCUT2D eigenvalue weighted by molar-refractivity contribution is 5.88. The van der Waals surface area contributed by atoms with Crippen molar-refractivity contribution in [3.05, 3.63) is 95.6 Å².